The average molecular weight is 425 g/mol. The standard InChI is InChI=1S/C19H19N7O5/c20-19-25-15-14(17(29)26-19)23-12(9-22-15)8-21-11-5-3-10(4-6-11)16(28)24-13(18(30)31)2-1-7-27/h3-7,9,13,21H,1-2,8H2,(H,24,28)(H,30,31)(H3,20,22,25,26,29)/t13-/m1/s1. The van der Waals surface area contributed by atoms with E-state index in [0.717, 1.165) is 0 Å². The number of carboxylic acid groups (broad SMARTS) is 1. The van der Waals surface area contributed by atoms with Crippen molar-refractivity contribution in [3.63, 3.8) is 0 Å². The van der Waals surface area contributed by atoms with Crippen molar-refractivity contribution in [2.45, 2.75) is 25.4 Å². The van der Waals surface area contributed by atoms with Crippen LogP contribution in [0.25, 0.3) is 11.2 Å². The molecule has 6 N–H and O–H groups in total. The van der Waals surface area contributed by atoms with Gasteiger partial charge in [0.1, 0.15) is 12.3 Å². The molecule has 0 saturated heterocycles. The molecule has 1 aromatic carbocycles. The number of rotatable bonds is 9. The first kappa shape index (κ1) is 21.4. The van der Waals surface area contributed by atoms with Gasteiger partial charge in [-0.1, -0.05) is 0 Å². The van der Waals surface area contributed by atoms with Gasteiger partial charge in [-0.15, -0.1) is 0 Å². The average Bonchev–Trinajstić information content (AvgIpc) is 2.75. The van der Waals surface area contributed by atoms with Crippen molar-refractivity contribution in [1.82, 2.24) is 25.3 Å². The monoisotopic (exact) mass is 425 g/mol. The Labute approximate surface area is 174 Å². The van der Waals surface area contributed by atoms with Crippen molar-refractivity contribution < 1.29 is 19.5 Å². The molecule has 0 spiro atoms. The highest BCUT2D eigenvalue weighted by Crippen LogP contribution is 2.12. The third kappa shape index (κ3) is 5.38. The topological polar surface area (TPSA) is 193 Å². The zero-order valence-corrected chi connectivity index (χ0v) is 16.2. The van der Waals surface area contributed by atoms with Crippen LogP contribution >= 0.6 is 0 Å². The smallest absolute Gasteiger partial charge is 0.326 e. The fraction of sp³-hybridized carbons (Fsp3) is 0.211. The second-order valence-electron chi connectivity index (χ2n) is 6.52. The molecule has 0 aliphatic rings. The summed E-state index contributed by atoms with van der Waals surface area (Å²) in [4.78, 5) is 60.3. The highest BCUT2D eigenvalue weighted by atomic mass is 16.4. The second-order valence-corrected chi connectivity index (χ2v) is 6.52. The third-order valence-corrected chi connectivity index (χ3v) is 4.28. The van der Waals surface area contributed by atoms with Gasteiger partial charge in [0, 0.05) is 17.7 Å². The van der Waals surface area contributed by atoms with Gasteiger partial charge < -0.3 is 26.3 Å². The number of H-pyrrole nitrogens is 1. The van der Waals surface area contributed by atoms with E-state index in [1.54, 1.807) is 12.1 Å². The molecule has 0 bridgehead atoms. The number of nitrogens with two attached hydrogens (primary N) is 1. The van der Waals surface area contributed by atoms with Crippen LogP contribution < -0.4 is 21.9 Å². The van der Waals surface area contributed by atoms with E-state index in [-0.39, 0.29) is 42.1 Å². The number of carboxylic acids is 1. The number of aliphatic carboxylic acids is 1. The van der Waals surface area contributed by atoms with Gasteiger partial charge >= 0.3 is 5.97 Å². The van der Waals surface area contributed by atoms with Gasteiger partial charge in [0.05, 0.1) is 18.4 Å². The predicted molar refractivity (Wildman–Crippen MR) is 110 cm³/mol. The van der Waals surface area contributed by atoms with Crippen LogP contribution in [0.3, 0.4) is 0 Å². The Bertz CT molecular complexity index is 1180. The van der Waals surface area contributed by atoms with Crippen molar-refractivity contribution in [2.24, 2.45) is 0 Å². The third-order valence-electron chi connectivity index (χ3n) is 4.28. The minimum atomic E-state index is -1.21. The van der Waals surface area contributed by atoms with Gasteiger partial charge in [0.25, 0.3) is 11.5 Å². The Balaban J connectivity index is 1.63. The molecule has 12 heteroatoms. The number of nitrogen functional groups attached to an aromatic ring is 1. The molecule has 2 aromatic heterocycles. The first-order valence-corrected chi connectivity index (χ1v) is 9.20. The van der Waals surface area contributed by atoms with E-state index in [0.29, 0.717) is 17.7 Å². The lowest BCUT2D eigenvalue weighted by atomic mass is 10.1. The summed E-state index contributed by atoms with van der Waals surface area (Å²) < 4.78 is 0. The Morgan fingerprint density at radius 2 is 1.97 bits per heavy atom. The molecule has 31 heavy (non-hydrogen) atoms. The number of aromatic nitrogens is 4. The predicted octanol–water partition coefficient (Wildman–Crippen LogP) is 0.0695. The number of hydrogen-bond acceptors (Lipinski definition) is 9. The normalized spacial score (nSPS) is 11.6. The van der Waals surface area contributed by atoms with Crippen LogP contribution in [0.2, 0.25) is 0 Å². The maximum Gasteiger partial charge on any atom is 0.326 e. The van der Waals surface area contributed by atoms with Crippen molar-refractivity contribution in [1.29, 1.82) is 0 Å². The van der Waals surface area contributed by atoms with Gasteiger partial charge in [-0.2, -0.15) is 4.98 Å². The fourth-order valence-electron chi connectivity index (χ4n) is 2.72. The first-order chi connectivity index (χ1) is 14.9. The molecule has 0 aliphatic carbocycles. The van der Waals surface area contributed by atoms with E-state index >= 15 is 0 Å². The van der Waals surface area contributed by atoms with Gasteiger partial charge in [-0.3, -0.25) is 14.6 Å². The summed E-state index contributed by atoms with van der Waals surface area (Å²) in [5.41, 5.74) is 6.63. The lowest BCUT2D eigenvalue weighted by Crippen LogP contribution is -2.40. The van der Waals surface area contributed by atoms with Crippen LogP contribution in [-0.2, 0) is 16.1 Å². The van der Waals surface area contributed by atoms with E-state index in [1.807, 2.05) is 0 Å². The molecule has 0 radical (unpaired) electrons. The Hall–Kier alpha value is -4.35. The zero-order chi connectivity index (χ0) is 22.4. The number of nitrogens with one attached hydrogen (secondary N) is 3. The number of amides is 1. The van der Waals surface area contributed by atoms with Crippen molar-refractivity contribution in [3.05, 3.63) is 52.1 Å². The summed E-state index contributed by atoms with van der Waals surface area (Å²) in [5.74, 6) is -1.81. The van der Waals surface area contributed by atoms with Crippen LogP contribution in [0.1, 0.15) is 28.9 Å². The molecule has 0 fully saturated rings. The van der Waals surface area contributed by atoms with Gasteiger partial charge in [0.2, 0.25) is 5.95 Å². The van der Waals surface area contributed by atoms with Crippen molar-refractivity contribution >= 4 is 41.0 Å². The molecule has 2 heterocycles. The Morgan fingerprint density at radius 3 is 2.65 bits per heavy atom. The number of carbonyl (C=O) groups is 3. The number of benzene rings is 1. The van der Waals surface area contributed by atoms with Crippen LogP contribution in [0.15, 0.2) is 35.3 Å². The lowest BCUT2D eigenvalue weighted by Gasteiger charge is -2.13. The summed E-state index contributed by atoms with van der Waals surface area (Å²) in [6, 6.07) is 5.19. The van der Waals surface area contributed by atoms with Crippen LogP contribution in [0.4, 0.5) is 11.6 Å². The number of nitrogens with zero attached hydrogens (tertiary/aromatic N) is 3. The van der Waals surface area contributed by atoms with Gasteiger partial charge in [-0.05, 0) is 30.7 Å². The Morgan fingerprint density at radius 1 is 1.23 bits per heavy atom. The quantitative estimate of drug-likeness (QED) is 0.293. The van der Waals surface area contributed by atoms with Crippen LogP contribution in [0.5, 0.6) is 0 Å². The van der Waals surface area contributed by atoms with Crippen molar-refractivity contribution in [3.8, 4) is 0 Å². The SMILES string of the molecule is Nc1nc2ncc(CNc3ccc(C(=O)N[C@H](CCC=O)C(=O)O)cc3)nc2c(=O)[nH]1. The molecule has 3 rings (SSSR count). The molecule has 0 saturated carbocycles. The van der Waals surface area contributed by atoms with E-state index in [1.165, 1.54) is 18.3 Å². The summed E-state index contributed by atoms with van der Waals surface area (Å²) in [6.07, 6.45) is 2.12. The summed E-state index contributed by atoms with van der Waals surface area (Å²) in [7, 11) is 0. The largest absolute Gasteiger partial charge is 0.480 e. The summed E-state index contributed by atoms with van der Waals surface area (Å²) >= 11 is 0. The zero-order valence-electron chi connectivity index (χ0n) is 16.2. The maximum atomic E-state index is 12.2. The number of aromatic amines is 1. The molecular formula is C19H19N7O5. The first-order valence-electron chi connectivity index (χ1n) is 9.20. The molecular weight excluding hydrogens is 406 g/mol. The summed E-state index contributed by atoms with van der Waals surface area (Å²) in [6.45, 7) is 0.255. The number of aldehydes is 1. The second kappa shape index (κ2) is 9.43. The molecule has 0 aliphatic heterocycles. The van der Waals surface area contributed by atoms with E-state index in [9.17, 15) is 19.2 Å². The van der Waals surface area contributed by atoms with E-state index in [4.69, 9.17) is 10.8 Å². The minimum Gasteiger partial charge on any atom is -0.480 e. The maximum absolute atomic E-state index is 12.2. The van der Waals surface area contributed by atoms with Crippen LogP contribution in [0, 0.1) is 0 Å². The molecule has 3 aromatic rings. The summed E-state index contributed by atoms with van der Waals surface area (Å²) in [5, 5.41) is 14.6. The van der Waals surface area contributed by atoms with Gasteiger partial charge in [-0.25, -0.2) is 14.8 Å². The number of anilines is 2. The number of fused-ring (bicyclic) bond motifs is 1. The molecule has 0 unspecified atom stereocenters. The Kier molecular flexibility index (Phi) is 6.50. The highest BCUT2D eigenvalue weighted by Gasteiger charge is 2.20. The molecule has 1 atom stereocenters. The fourth-order valence-corrected chi connectivity index (χ4v) is 2.72. The van der Waals surface area contributed by atoms with Crippen molar-refractivity contribution in [2.75, 3.05) is 11.1 Å². The van der Waals surface area contributed by atoms with Crippen LogP contribution in [-0.4, -0.2) is 49.2 Å². The molecule has 12 nitrogen and oxygen atoms in total. The molecule has 160 valence electrons. The number of hydrogen-bond donors (Lipinski definition) is 5. The minimum absolute atomic E-state index is 0.0158. The lowest BCUT2D eigenvalue weighted by molar-refractivity contribution is -0.139. The van der Waals surface area contributed by atoms with E-state index in [2.05, 4.69) is 30.6 Å². The van der Waals surface area contributed by atoms with E-state index < -0.39 is 23.5 Å². The van der Waals surface area contributed by atoms with Gasteiger partial charge in [0.15, 0.2) is 11.2 Å². The number of carbonyl (C=O) groups excluding carboxylic acids is 2. The molecule has 1 amide bonds. The highest BCUT2D eigenvalue weighted by molar-refractivity contribution is 5.96.